The Hall–Kier alpha value is -2.77. The van der Waals surface area contributed by atoms with Gasteiger partial charge in [-0.3, -0.25) is 0 Å². The number of aromatic nitrogens is 3. The molecule has 2 aromatic rings. The lowest BCUT2D eigenvalue weighted by Gasteiger charge is -2.27. The van der Waals surface area contributed by atoms with Gasteiger partial charge in [0.2, 0.25) is 0 Å². The van der Waals surface area contributed by atoms with E-state index in [0.717, 1.165) is 29.4 Å². The molecule has 140 valence electrons. The largest absolute Gasteiger partial charge is 0.486 e. The van der Waals surface area contributed by atoms with E-state index in [0.29, 0.717) is 26.2 Å². The Morgan fingerprint density at radius 2 is 2.12 bits per heavy atom. The van der Waals surface area contributed by atoms with Crippen molar-refractivity contribution in [2.24, 2.45) is 0 Å². The molecule has 1 aliphatic heterocycles. The van der Waals surface area contributed by atoms with Gasteiger partial charge in [0.1, 0.15) is 25.4 Å². The first kappa shape index (κ1) is 18.0. The van der Waals surface area contributed by atoms with Crippen LogP contribution in [-0.4, -0.2) is 52.5 Å². The number of aryl methyl sites for hydroxylation is 1. The first-order valence-corrected chi connectivity index (χ1v) is 8.87. The SMILES string of the molecule is CCn1cnnc1CCNC(=O)N(C)[C@@H](C)c1ccc2c(c1)OCCO2. The van der Waals surface area contributed by atoms with Crippen LogP contribution in [0.25, 0.3) is 0 Å². The number of nitrogens with one attached hydrogen (secondary N) is 1. The second kappa shape index (κ2) is 8.07. The summed E-state index contributed by atoms with van der Waals surface area (Å²) in [5.41, 5.74) is 0.998. The fourth-order valence-electron chi connectivity index (χ4n) is 2.86. The summed E-state index contributed by atoms with van der Waals surface area (Å²) < 4.78 is 13.1. The molecule has 8 nitrogen and oxygen atoms in total. The van der Waals surface area contributed by atoms with Crippen molar-refractivity contribution in [1.29, 1.82) is 0 Å². The molecule has 1 aliphatic rings. The van der Waals surface area contributed by atoms with Gasteiger partial charge in [-0.25, -0.2) is 4.79 Å². The molecule has 1 N–H and O–H groups in total. The molecule has 0 bridgehead atoms. The van der Waals surface area contributed by atoms with Crippen LogP contribution in [0.1, 0.15) is 31.3 Å². The normalized spacial score (nSPS) is 14.0. The Bertz CT molecular complexity index is 761. The molecule has 0 saturated heterocycles. The quantitative estimate of drug-likeness (QED) is 0.853. The van der Waals surface area contributed by atoms with Crippen LogP contribution in [0.2, 0.25) is 0 Å². The number of rotatable bonds is 6. The van der Waals surface area contributed by atoms with Gasteiger partial charge in [0.15, 0.2) is 11.5 Å². The summed E-state index contributed by atoms with van der Waals surface area (Å²) >= 11 is 0. The van der Waals surface area contributed by atoms with Crippen molar-refractivity contribution in [3.8, 4) is 11.5 Å². The smallest absolute Gasteiger partial charge is 0.317 e. The number of hydrogen-bond acceptors (Lipinski definition) is 5. The zero-order valence-electron chi connectivity index (χ0n) is 15.4. The Balaban J connectivity index is 1.55. The van der Waals surface area contributed by atoms with E-state index in [4.69, 9.17) is 9.47 Å². The Labute approximate surface area is 153 Å². The minimum absolute atomic E-state index is 0.0925. The lowest BCUT2D eigenvalue weighted by atomic mass is 10.1. The molecule has 8 heteroatoms. The van der Waals surface area contributed by atoms with Crippen LogP contribution in [0, 0.1) is 0 Å². The summed E-state index contributed by atoms with van der Waals surface area (Å²) in [4.78, 5) is 14.1. The summed E-state index contributed by atoms with van der Waals surface area (Å²) in [6, 6.07) is 5.57. The molecule has 1 aromatic heterocycles. The predicted octanol–water partition coefficient (Wildman–Crippen LogP) is 2.01. The summed E-state index contributed by atoms with van der Waals surface area (Å²) in [6.07, 6.45) is 2.35. The Morgan fingerprint density at radius 3 is 2.88 bits per heavy atom. The maximum Gasteiger partial charge on any atom is 0.317 e. The Kier molecular flexibility index (Phi) is 5.60. The predicted molar refractivity (Wildman–Crippen MR) is 96.4 cm³/mol. The van der Waals surface area contributed by atoms with E-state index in [9.17, 15) is 4.79 Å². The molecule has 0 saturated carbocycles. The zero-order chi connectivity index (χ0) is 18.5. The topological polar surface area (TPSA) is 81.5 Å². The third-order valence-corrected chi connectivity index (χ3v) is 4.61. The second-order valence-corrected chi connectivity index (χ2v) is 6.21. The van der Waals surface area contributed by atoms with Gasteiger partial charge in [-0.1, -0.05) is 6.07 Å². The van der Waals surface area contributed by atoms with Crippen LogP contribution in [0.15, 0.2) is 24.5 Å². The van der Waals surface area contributed by atoms with E-state index in [-0.39, 0.29) is 12.1 Å². The van der Waals surface area contributed by atoms with E-state index < -0.39 is 0 Å². The maximum absolute atomic E-state index is 12.4. The maximum atomic E-state index is 12.4. The van der Waals surface area contributed by atoms with Crippen molar-refractivity contribution < 1.29 is 14.3 Å². The van der Waals surface area contributed by atoms with Gasteiger partial charge in [0.05, 0.1) is 6.04 Å². The molecule has 2 heterocycles. The highest BCUT2D eigenvalue weighted by Gasteiger charge is 2.20. The molecule has 1 atom stereocenters. The number of nitrogens with zero attached hydrogens (tertiary/aromatic N) is 4. The fourth-order valence-corrected chi connectivity index (χ4v) is 2.86. The van der Waals surface area contributed by atoms with Gasteiger partial charge in [0, 0.05) is 26.6 Å². The van der Waals surface area contributed by atoms with E-state index in [1.165, 1.54) is 0 Å². The van der Waals surface area contributed by atoms with Gasteiger partial charge in [-0.15, -0.1) is 10.2 Å². The number of carbonyl (C=O) groups is 1. The highest BCUT2D eigenvalue weighted by Crippen LogP contribution is 2.33. The van der Waals surface area contributed by atoms with Crippen LogP contribution in [0.4, 0.5) is 4.79 Å². The zero-order valence-corrected chi connectivity index (χ0v) is 15.4. The van der Waals surface area contributed by atoms with Crippen molar-refractivity contribution in [3.05, 3.63) is 35.9 Å². The van der Waals surface area contributed by atoms with E-state index in [2.05, 4.69) is 15.5 Å². The van der Waals surface area contributed by atoms with Crippen LogP contribution in [0.5, 0.6) is 11.5 Å². The molecule has 3 rings (SSSR count). The van der Waals surface area contributed by atoms with Gasteiger partial charge < -0.3 is 24.3 Å². The number of carbonyl (C=O) groups excluding carboxylic acids is 1. The molecular weight excluding hydrogens is 334 g/mol. The van der Waals surface area contributed by atoms with Crippen molar-refractivity contribution in [2.75, 3.05) is 26.8 Å². The molecule has 1 aromatic carbocycles. The summed E-state index contributed by atoms with van der Waals surface area (Å²) in [5.74, 6) is 2.35. The van der Waals surface area contributed by atoms with E-state index >= 15 is 0 Å². The van der Waals surface area contributed by atoms with Crippen molar-refractivity contribution in [3.63, 3.8) is 0 Å². The molecule has 0 fully saturated rings. The monoisotopic (exact) mass is 359 g/mol. The Morgan fingerprint density at radius 1 is 1.35 bits per heavy atom. The summed E-state index contributed by atoms with van der Waals surface area (Å²) in [5, 5.41) is 10.9. The average Bonchev–Trinajstić information content (AvgIpc) is 3.13. The molecule has 26 heavy (non-hydrogen) atoms. The molecule has 2 amide bonds. The second-order valence-electron chi connectivity index (χ2n) is 6.21. The minimum atomic E-state index is -0.130. The molecule has 0 radical (unpaired) electrons. The number of benzene rings is 1. The number of fused-ring (bicyclic) bond motifs is 1. The van der Waals surface area contributed by atoms with Crippen LogP contribution in [0.3, 0.4) is 0 Å². The number of ether oxygens (including phenoxy) is 2. The van der Waals surface area contributed by atoms with Gasteiger partial charge in [-0.05, 0) is 31.5 Å². The van der Waals surface area contributed by atoms with Crippen LogP contribution in [-0.2, 0) is 13.0 Å². The van der Waals surface area contributed by atoms with Crippen molar-refractivity contribution in [1.82, 2.24) is 25.0 Å². The first-order chi connectivity index (χ1) is 12.6. The molecule has 0 spiro atoms. The van der Waals surface area contributed by atoms with Crippen molar-refractivity contribution >= 4 is 6.03 Å². The van der Waals surface area contributed by atoms with Crippen LogP contribution < -0.4 is 14.8 Å². The number of hydrogen-bond donors (Lipinski definition) is 1. The van der Waals surface area contributed by atoms with E-state index in [1.54, 1.807) is 18.3 Å². The standard InChI is InChI=1S/C18H25N5O3/c1-4-23-12-20-21-17(23)7-8-19-18(24)22(3)13(2)14-5-6-15-16(11-14)26-10-9-25-15/h5-6,11-13H,4,7-10H2,1-3H3,(H,19,24)/t13-/m0/s1. The number of urea groups is 1. The summed E-state index contributed by atoms with van der Waals surface area (Å²) in [7, 11) is 1.78. The lowest BCUT2D eigenvalue weighted by molar-refractivity contribution is 0.170. The third kappa shape index (κ3) is 3.89. The van der Waals surface area contributed by atoms with Crippen molar-refractivity contribution in [2.45, 2.75) is 32.9 Å². The fraction of sp³-hybridized carbons (Fsp3) is 0.500. The van der Waals surface area contributed by atoms with Gasteiger partial charge in [0.25, 0.3) is 0 Å². The molecular formula is C18H25N5O3. The number of amides is 2. The van der Waals surface area contributed by atoms with Gasteiger partial charge in [-0.2, -0.15) is 0 Å². The first-order valence-electron chi connectivity index (χ1n) is 8.87. The minimum Gasteiger partial charge on any atom is -0.486 e. The highest BCUT2D eigenvalue weighted by molar-refractivity contribution is 5.74. The average molecular weight is 359 g/mol. The molecule has 0 unspecified atom stereocenters. The van der Waals surface area contributed by atoms with Gasteiger partial charge >= 0.3 is 6.03 Å². The summed E-state index contributed by atoms with van der Waals surface area (Å²) in [6.45, 7) is 6.46. The molecule has 0 aliphatic carbocycles. The third-order valence-electron chi connectivity index (χ3n) is 4.61. The lowest BCUT2D eigenvalue weighted by Crippen LogP contribution is -2.39. The highest BCUT2D eigenvalue weighted by atomic mass is 16.6. The van der Waals surface area contributed by atoms with E-state index in [1.807, 2.05) is 36.6 Å². The van der Waals surface area contributed by atoms with Crippen LogP contribution >= 0.6 is 0 Å².